The molecular formula is C19H20N2O3. The molecule has 5 heteroatoms. The Labute approximate surface area is 141 Å². The zero-order valence-electron chi connectivity index (χ0n) is 13.4. The molecule has 0 radical (unpaired) electrons. The van der Waals surface area contributed by atoms with Gasteiger partial charge in [0.2, 0.25) is 11.8 Å². The van der Waals surface area contributed by atoms with Crippen LogP contribution in [0.5, 0.6) is 0 Å². The minimum Gasteiger partial charge on any atom is -0.367 e. The fourth-order valence-electron chi connectivity index (χ4n) is 2.71. The third-order valence-electron chi connectivity index (χ3n) is 3.86. The minimum absolute atomic E-state index is 0.0121. The van der Waals surface area contributed by atoms with Crippen molar-refractivity contribution in [3.05, 3.63) is 60.2 Å². The van der Waals surface area contributed by atoms with Gasteiger partial charge in [0.05, 0.1) is 6.61 Å². The van der Waals surface area contributed by atoms with Crippen molar-refractivity contribution >= 4 is 23.2 Å². The molecule has 24 heavy (non-hydrogen) atoms. The Morgan fingerprint density at radius 1 is 1.12 bits per heavy atom. The van der Waals surface area contributed by atoms with E-state index in [2.05, 4.69) is 5.32 Å². The molecule has 1 heterocycles. The first kappa shape index (κ1) is 16.2. The molecule has 0 aliphatic carbocycles. The molecule has 2 aromatic carbocycles. The maximum absolute atomic E-state index is 12.0. The molecule has 0 bridgehead atoms. The first-order chi connectivity index (χ1) is 11.7. The predicted octanol–water partition coefficient (Wildman–Crippen LogP) is 2.97. The maximum Gasteiger partial charge on any atom is 0.250 e. The Morgan fingerprint density at radius 2 is 1.96 bits per heavy atom. The van der Waals surface area contributed by atoms with Crippen molar-refractivity contribution < 1.29 is 14.3 Å². The Bertz CT molecular complexity index is 716. The predicted molar refractivity (Wildman–Crippen MR) is 92.8 cm³/mol. The molecule has 0 spiro atoms. The number of amides is 2. The fourth-order valence-corrected chi connectivity index (χ4v) is 2.71. The normalized spacial score (nSPS) is 14.0. The Morgan fingerprint density at radius 3 is 2.71 bits per heavy atom. The van der Waals surface area contributed by atoms with E-state index >= 15 is 0 Å². The van der Waals surface area contributed by atoms with Gasteiger partial charge in [-0.15, -0.1) is 0 Å². The highest BCUT2D eigenvalue weighted by molar-refractivity contribution is 5.97. The second-order valence-corrected chi connectivity index (χ2v) is 5.73. The summed E-state index contributed by atoms with van der Waals surface area (Å²) in [6.45, 7) is 1.12. The molecular weight excluding hydrogens is 304 g/mol. The lowest BCUT2D eigenvalue weighted by atomic mass is 10.2. The van der Waals surface area contributed by atoms with Crippen LogP contribution < -0.4 is 10.2 Å². The summed E-state index contributed by atoms with van der Waals surface area (Å²) in [4.78, 5) is 25.5. The van der Waals surface area contributed by atoms with E-state index in [1.807, 2.05) is 48.5 Å². The Balaban J connectivity index is 1.52. The average Bonchev–Trinajstić information content (AvgIpc) is 3.02. The van der Waals surface area contributed by atoms with E-state index in [-0.39, 0.29) is 18.4 Å². The van der Waals surface area contributed by atoms with Gasteiger partial charge in [0, 0.05) is 24.3 Å². The Hall–Kier alpha value is -2.66. The summed E-state index contributed by atoms with van der Waals surface area (Å²) >= 11 is 0. The van der Waals surface area contributed by atoms with Gasteiger partial charge in [-0.3, -0.25) is 9.59 Å². The number of nitrogens with zero attached hydrogens (tertiary/aromatic N) is 1. The smallest absolute Gasteiger partial charge is 0.250 e. The van der Waals surface area contributed by atoms with Crippen LogP contribution in [0.25, 0.3) is 0 Å². The van der Waals surface area contributed by atoms with E-state index in [9.17, 15) is 9.59 Å². The van der Waals surface area contributed by atoms with Gasteiger partial charge in [-0.05, 0) is 30.2 Å². The molecule has 2 aromatic rings. The van der Waals surface area contributed by atoms with E-state index in [1.165, 1.54) is 0 Å². The van der Waals surface area contributed by atoms with Gasteiger partial charge in [-0.25, -0.2) is 0 Å². The van der Waals surface area contributed by atoms with Crippen LogP contribution in [0.4, 0.5) is 11.4 Å². The number of carbonyl (C=O) groups is 2. The van der Waals surface area contributed by atoms with Crippen LogP contribution in [0.1, 0.15) is 18.4 Å². The first-order valence-corrected chi connectivity index (χ1v) is 8.04. The third kappa shape index (κ3) is 4.20. The number of nitrogens with one attached hydrogen (secondary N) is 1. The van der Waals surface area contributed by atoms with Crippen LogP contribution in [0.3, 0.4) is 0 Å². The zero-order chi connectivity index (χ0) is 16.8. The summed E-state index contributed by atoms with van der Waals surface area (Å²) in [5, 5.41) is 2.80. The summed E-state index contributed by atoms with van der Waals surface area (Å²) in [5.41, 5.74) is 2.51. The molecule has 0 unspecified atom stereocenters. The van der Waals surface area contributed by atoms with Gasteiger partial charge in [0.15, 0.2) is 0 Å². The summed E-state index contributed by atoms with van der Waals surface area (Å²) < 4.78 is 5.42. The summed E-state index contributed by atoms with van der Waals surface area (Å²) in [6, 6.07) is 17.1. The molecule has 1 aliphatic rings. The number of benzene rings is 2. The van der Waals surface area contributed by atoms with Gasteiger partial charge in [-0.1, -0.05) is 36.4 Å². The lowest BCUT2D eigenvalue weighted by Gasteiger charge is -2.16. The van der Waals surface area contributed by atoms with Gasteiger partial charge < -0.3 is 15.0 Å². The van der Waals surface area contributed by atoms with Crippen LogP contribution in [-0.2, 0) is 20.9 Å². The van der Waals surface area contributed by atoms with E-state index in [4.69, 9.17) is 4.74 Å². The van der Waals surface area contributed by atoms with Crippen LogP contribution in [0.15, 0.2) is 54.6 Å². The molecule has 5 nitrogen and oxygen atoms in total. The molecule has 0 saturated carbocycles. The highest BCUT2D eigenvalue weighted by atomic mass is 16.5. The molecule has 1 aliphatic heterocycles. The number of ether oxygens (including phenoxy) is 1. The van der Waals surface area contributed by atoms with Crippen molar-refractivity contribution in [2.75, 3.05) is 23.4 Å². The molecule has 0 aromatic heterocycles. The topological polar surface area (TPSA) is 58.6 Å². The van der Waals surface area contributed by atoms with Crippen molar-refractivity contribution in [2.45, 2.75) is 19.4 Å². The first-order valence-electron chi connectivity index (χ1n) is 8.04. The standard InChI is InChI=1S/C19H20N2O3/c22-18(14-24-13-15-6-2-1-3-7-15)20-16-8-4-9-17(12-16)21-11-5-10-19(21)23/h1-4,6-9,12H,5,10-11,13-14H2,(H,20,22). The SMILES string of the molecule is O=C(COCc1ccccc1)Nc1cccc(N2CCCC2=O)c1. The van der Waals surface area contributed by atoms with Crippen LogP contribution in [0, 0.1) is 0 Å². The second kappa shape index (κ2) is 7.75. The number of hydrogen-bond donors (Lipinski definition) is 1. The number of anilines is 2. The highest BCUT2D eigenvalue weighted by Crippen LogP contribution is 2.24. The average molecular weight is 324 g/mol. The molecule has 1 saturated heterocycles. The van der Waals surface area contributed by atoms with Gasteiger partial charge >= 0.3 is 0 Å². The van der Waals surface area contributed by atoms with Crippen molar-refractivity contribution in [1.82, 2.24) is 0 Å². The quantitative estimate of drug-likeness (QED) is 0.889. The molecule has 3 rings (SSSR count). The minimum atomic E-state index is -0.212. The zero-order valence-corrected chi connectivity index (χ0v) is 13.4. The van der Waals surface area contributed by atoms with Gasteiger partial charge in [-0.2, -0.15) is 0 Å². The van der Waals surface area contributed by atoms with Crippen molar-refractivity contribution in [3.63, 3.8) is 0 Å². The summed E-state index contributed by atoms with van der Waals surface area (Å²) in [7, 11) is 0. The maximum atomic E-state index is 12.0. The summed E-state index contributed by atoms with van der Waals surface area (Å²) in [5.74, 6) is -0.0829. The van der Waals surface area contributed by atoms with Crippen molar-refractivity contribution in [2.24, 2.45) is 0 Å². The Kier molecular flexibility index (Phi) is 5.23. The largest absolute Gasteiger partial charge is 0.367 e. The van der Waals surface area contributed by atoms with Crippen LogP contribution >= 0.6 is 0 Å². The number of rotatable bonds is 6. The molecule has 1 fully saturated rings. The van der Waals surface area contributed by atoms with E-state index < -0.39 is 0 Å². The van der Waals surface area contributed by atoms with Crippen LogP contribution in [0.2, 0.25) is 0 Å². The van der Waals surface area contributed by atoms with Gasteiger partial charge in [0.1, 0.15) is 6.61 Å². The third-order valence-corrected chi connectivity index (χ3v) is 3.86. The van der Waals surface area contributed by atoms with E-state index in [0.29, 0.717) is 18.7 Å². The number of hydrogen-bond acceptors (Lipinski definition) is 3. The summed E-state index contributed by atoms with van der Waals surface area (Å²) in [6.07, 6.45) is 1.46. The molecule has 2 amide bonds. The van der Waals surface area contributed by atoms with E-state index in [1.54, 1.807) is 11.0 Å². The second-order valence-electron chi connectivity index (χ2n) is 5.73. The van der Waals surface area contributed by atoms with E-state index in [0.717, 1.165) is 24.2 Å². The number of carbonyl (C=O) groups excluding carboxylic acids is 2. The van der Waals surface area contributed by atoms with Crippen LogP contribution in [-0.4, -0.2) is 25.0 Å². The van der Waals surface area contributed by atoms with Crippen molar-refractivity contribution in [3.8, 4) is 0 Å². The lowest BCUT2D eigenvalue weighted by Crippen LogP contribution is -2.24. The van der Waals surface area contributed by atoms with Crippen molar-refractivity contribution in [1.29, 1.82) is 0 Å². The lowest BCUT2D eigenvalue weighted by molar-refractivity contribution is -0.121. The molecule has 124 valence electrons. The highest BCUT2D eigenvalue weighted by Gasteiger charge is 2.21. The molecule has 1 N–H and O–H groups in total. The molecule has 0 atom stereocenters. The van der Waals surface area contributed by atoms with Gasteiger partial charge in [0.25, 0.3) is 0 Å². The monoisotopic (exact) mass is 324 g/mol. The fraction of sp³-hybridized carbons (Fsp3) is 0.263.